The Balaban J connectivity index is 2.17. The number of carbonyl (C=O) groups excluding carboxylic acids is 1. The molecule has 4 heteroatoms. The zero-order valence-electron chi connectivity index (χ0n) is 7.40. The zero-order valence-corrected chi connectivity index (χ0v) is 7.40. The van der Waals surface area contributed by atoms with Gasteiger partial charge in [0.15, 0.2) is 0 Å². The van der Waals surface area contributed by atoms with Crippen LogP contribution >= 0.6 is 0 Å². The van der Waals surface area contributed by atoms with Crippen LogP contribution in [0.2, 0.25) is 0 Å². The number of likely N-dealkylation sites (N-methyl/N-ethyl adjacent to an activating group) is 1. The van der Waals surface area contributed by atoms with Crippen molar-refractivity contribution in [2.24, 2.45) is 0 Å². The van der Waals surface area contributed by atoms with Crippen molar-refractivity contribution in [1.82, 2.24) is 15.2 Å². The monoisotopic (exact) mass is 177 g/mol. The lowest BCUT2D eigenvalue weighted by molar-refractivity contribution is 0.226. The normalized spacial score (nSPS) is 21.8. The lowest BCUT2D eigenvalue weighted by atomic mass is 10.2. The number of hydrogen-bond donors (Lipinski definition) is 1. The van der Waals surface area contributed by atoms with E-state index < -0.39 is 0 Å². The van der Waals surface area contributed by atoms with E-state index in [2.05, 4.69) is 10.3 Å². The maximum Gasteiger partial charge on any atom is 0.317 e. The molecule has 13 heavy (non-hydrogen) atoms. The lowest BCUT2D eigenvalue weighted by Crippen LogP contribution is -2.24. The average Bonchev–Trinajstić information content (AvgIpc) is 2.49. The van der Waals surface area contributed by atoms with Gasteiger partial charge in [-0.15, -0.1) is 0 Å². The molecule has 0 unspecified atom stereocenters. The first-order valence-corrected chi connectivity index (χ1v) is 4.20. The standard InChI is InChI=1S/C9H11N3O/c1-12-6-8(11-9(12)13)7-4-2-3-5-10-7/h2-5,8H,6H2,1H3,(H,11,13)/t8-/m0/s1. The Labute approximate surface area is 76.6 Å². The SMILES string of the molecule is CN1C[C@@H](c2ccccn2)NC1=O. The van der Waals surface area contributed by atoms with Crippen molar-refractivity contribution in [2.75, 3.05) is 13.6 Å². The summed E-state index contributed by atoms with van der Waals surface area (Å²) in [6.07, 6.45) is 1.74. The minimum Gasteiger partial charge on any atom is -0.328 e. The minimum absolute atomic E-state index is 0.0318. The molecule has 1 atom stereocenters. The van der Waals surface area contributed by atoms with Crippen LogP contribution in [-0.4, -0.2) is 29.5 Å². The van der Waals surface area contributed by atoms with Crippen LogP contribution in [0, 0.1) is 0 Å². The van der Waals surface area contributed by atoms with Gasteiger partial charge >= 0.3 is 6.03 Å². The summed E-state index contributed by atoms with van der Waals surface area (Å²) in [6.45, 7) is 0.690. The molecule has 4 nitrogen and oxygen atoms in total. The predicted octanol–water partition coefficient (Wildman–Crippen LogP) is 0.778. The van der Waals surface area contributed by atoms with E-state index in [9.17, 15) is 4.79 Å². The van der Waals surface area contributed by atoms with Crippen LogP contribution in [0.5, 0.6) is 0 Å². The Morgan fingerprint density at radius 2 is 2.46 bits per heavy atom. The van der Waals surface area contributed by atoms with Crippen molar-refractivity contribution in [3.63, 3.8) is 0 Å². The summed E-state index contributed by atoms with van der Waals surface area (Å²) in [5.74, 6) is 0. The third-order valence-corrected chi connectivity index (χ3v) is 2.15. The topological polar surface area (TPSA) is 45.2 Å². The Morgan fingerprint density at radius 1 is 1.62 bits per heavy atom. The van der Waals surface area contributed by atoms with E-state index in [0.717, 1.165) is 5.69 Å². The van der Waals surface area contributed by atoms with E-state index in [0.29, 0.717) is 6.54 Å². The van der Waals surface area contributed by atoms with E-state index in [1.54, 1.807) is 18.1 Å². The third kappa shape index (κ3) is 1.47. The Kier molecular flexibility index (Phi) is 1.88. The molecule has 1 aliphatic rings. The third-order valence-electron chi connectivity index (χ3n) is 2.15. The first kappa shape index (κ1) is 8.04. The second kappa shape index (κ2) is 3.05. The molecule has 0 aromatic carbocycles. The highest BCUT2D eigenvalue weighted by Crippen LogP contribution is 2.15. The van der Waals surface area contributed by atoms with Crippen LogP contribution < -0.4 is 5.32 Å². The van der Waals surface area contributed by atoms with Gasteiger partial charge in [0, 0.05) is 19.8 Å². The largest absolute Gasteiger partial charge is 0.328 e. The van der Waals surface area contributed by atoms with Gasteiger partial charge in [0.1, 0.15) is 0 Å². The van der Waals surface area contributed by atoms with Crippen molar-refractivity contribution < 1.29 is 4.79 Å². The van der Waals surface area contributed by atoms with Gasteiger partial charge in [-0.25, -0.2) is 4.79 Å². The van der Waals surface area contributed by atoms with Crippen molar-refractivity contribution >= 4 is 6.03 Å². The maximum absolute atomic E-state index is 11.1. The summed E-state index contributed by atoms with van der Waals surface area (Å²) >= 11 is 0. The van der Waals surface area contributed by atoms with Gasteiger partial charge in [-0.2, -0.15) is 0 Å². The molecule has 1 aromatic heterocycles. The van der Waals surface area contributed by atoms with Crippen molar-refractivity contribution in [3.8, 4) is 0 Å². The van der Waals surface area contributed by atoms with Crippen LogP contribution in [0.4, 0.5) is 4.79 Å². The van der Waals surface area contributed by atoms with Crippen molar-refractivity contribution in [3.05, 3.63) is 30.1 Å². The molecule has 2 amide bonds. The predicted molar refractivity (Wildman–Crippen MR) is 48.1 cm³/mol. The number of nitrogens with zero attached hydrogens (tertiary/aromatic N) is 2. The lowest BCUT2D eigenvalue weighted by Gasteiger charge is -2.07. The number of pyridine rings is 1. The van der Waals surface area contributed by atoms with E-state index in [1.165, 1.54) is 0 Å². The molecule has 0 aliphatic carbocycles. The Bertz CT molecular complexity index is 312. The quantitative estimate of drug-likeness (QED) is 0.689. The number of carbonyl (C=O) groups is 1. The molecule has 2 heterocycles. The summed E-state index contributed by atoms with van der Waals surface area (Å²) in [5, 5.41) is 2.84. The number of nitrogens with one attached hydrogen (secondary N) is 1. The summed E-state index contributed by atoms with van der Waals surface area (Å²) in [4.78, 5) is 17.0. The molecule has 0 bridgehead atoms. The summed E-state index contributed by atoms with van der Waals surface area (Å²) in [7, 11) is 1.78. The number of aromatic nitrogens is 1. The fraction of sp³-hybridized carbons (Fsp3) is 0.333. The number of amides is 2. The molecule has 0 radical (unpaired) electrons. The summed E-state index contributed by atoms with van der Waals surface area (Å²) < 4.78 is 0. The van der Waals surface area contributed by atoms with Gasteiger partial charge < -0.3 is 10.2 Å². The molecule has 1 fully saturated rings. The molecule has 2 rings (SSSR count). The number of rotatable bonds is 1. The van der Waals surface area contributed by atoms with E-state index in [4.69, 9.17) is 0 Å². The molecular weight excluding hydrogens is 166 g/mol. The minimum atomic E-state index is -0.0318. The van der Waals surface area contributed by atoms with Gasteiger partial charge in [-0.3, -0.25) is 4.98 Å². The van der Waals surface area contributed by atoms with Gasteiger partial charge in [-0.05, 0) is 12.1 Å². The molecule has 0 saturated carbocycles. The van der Waals surface area contributed by atoms with Gasteiger partial charge in [0.2, 0.25) is 0 Å². The smallest absolute Gasteiger partial charge is 0.317 e. The fourth-order valence-electron chi connectivity index (χ4n) is 1.41. The molecular formula is C9H11N3O. The highest BCUT2D eigenvalue weighted by atomic mass is 16.2. The zero-order chi connectivity index (χ0) is 9.26. The first-order chi connectivity index (χ1) is 6.27. The van der Waals surface area contributed by atoms with Crippen molar-refractivity contribution in [1.29, 1.82) is 0 Å². The summed E-state index contributed by atoms with van der Waals surface area (Å²) in [5.41, 5.74) is 0.917. The Morgan fingerprint density at radius 3 is 3.00 bits per heavy atom. The van der Waals surface area contributed by atoms with Crippen LogP contribution in [-0.2, 0) is 0 Å². The van der Waals surface area contributed by atoms with Crippen LogP contribution in [0.25, 0.3) is 0 Å². The Hall–Kier alpha value is -1.58. The van der Waals surface area contributed by atoms with E-state index in [-0.39, 0.29) is 12.1 Å². The average molecular weight is 177 g/mol. The molecule has 1 N–H and O–H groups in total. The van der Waals surface area contributed by atoms with Gasteiger partial charge in [0.05, 0.1) is 11.7 Å². The van der Waals surface area contributed by atoms with Crippen molar-refractivity contribution in [2.45, 2.75) is 6.04 Å². The molecule has 0 spiro atoms. The van der Waals surface area contributed by atoms with Gasteiger partial charge in [0.25, 0.3) is 0 Å². The van der Waals surface area contributed by atoms with Crippen LogP contribution in [0.3, 0.4) is 0 Å². The fourth-order valence-corrected chi connectivity index (χ4v) is 1.41. The summed E-state index contributed by atoms with van der Waals surface area (Å²) in [6, 6.07) is 5.72. The highest BCUT2D eigenvalue weighted by Gasteiger charge is 2.27. The number of hydrogen-bond acceptors (Lipinski definition) is 2. The molecule has 68 valence electrons. The molecule has 1 aromatic rings. The second-order valence-corrected chi connectivity index (χ2v) is 3.14. The second-order valence-electron chi connectivity index (χ2n) is 3.14. The van der Waals surface area contributed by atoms with E-state index in [1.807, 2.05) is 18.2 Å². The van der Waals surface area contributed by atoms with Crippen LogP contribution in [0.15, 0.2) is 24.4 Å². The first-order valence-electron chi connectivity index (χ1n) is 4.20. The number of urea groups is 1. The molecule has 1 saturated heterocycles. The highest BCUT2D eigenvalue weighted by molar-refractivity contribution is 5.76. The maximum atomic E-state index is 11.1. The van der Waals surface area contributed by atoms with Gasteiger partial charge in [-0.1, -0.05) is 6.07 Å². The van der Waals surface area contributed by atoms with E-state index >= 15 is 0 Å². The van der Waals surface area contributed by atoms with Crippen LogP contribution in [0.1, 0.15) is 11.7 Å². The molecule has 1 aliphatic heterocycles.